The first-order valence-electron chi connectivity index (χ1n) is 5.68. The van der Waals surface area contributed by atoms with Gasteiger partial charge in [0.15, 0.2) is 0 Å². The number of sulfonamides is 1. The Labute approximate surface area is 115 Å². The number of hydrogen-bond acceptors (Lipinski definition) is 4. The Morgan fingerprint density at radius 1 is 1.39 bits per heavy atom. The van der Waals surface area contributed by atoms with Gasteiger partial charge in [-0.15, -0.1) is 11.3 Å². The van der Waals surface area contributed by atoms with Gasteiger partial charge in [0.2, 0.25) is 10.0 Å². The normalized spacial score (nSPS) is 18.2. The van der Waals surface area contributed by atoms with Crippen molar-refractivity contribution >= 4 is 38.7 Å². The van der Waals surface area contributed by atoms with E-state index < -0.39 is 10.0 Å². The highest BCUT2D eigenvalue weighted by atomic mass is 35.5. The molecule has 1 heterocycles. The van der Waals surface area contributed by atoms with Crippen LogP contribution in [0.25, 0.3) is 0 Å². The van der Waals surface area contributed by atoms with Gasteiger partial charge in [0.25, 0.3) is 0 Å². The van der Waals surface area contributed by atoms with Crippen LogP contribution in [0.1, 0.15) is 31.2 Å². The second-order valence-electron chi connectivity index (χ2n) is 4.46. The Kier molecular flexibility index (Phi) is 4.11. The quantitative estimate of drug-likeness (QED) is 0.933. The van der Waals surface area contributed by atoms with Gasteiger partial charge in [0.1, 0.15) is 9.99 Å². The van der Waals surface area contributed by atoms with Crippen LogP contribution in [-0.4, -0.2) is 20.2 Å². The minimum atomic E-state index is -3.51. The molecule has 1 aliphatic carbocycles. The standard InChI is InChI=1S/C11H14ClNO3S2/c1-7-6-10(17-11(7)12)18(15,16)13-8-2-4-9(14)5-3-8/h6,8,13H,2-5H2,1H3. The van der Waals surface area contributed by atoms with Crippen molar-refractivity contribution in [3.05, 3.63) is 16.0 Å². The lowest BCUT2D eigenvalue weighted by atomic mass is 9.95. The lowest BCUT2D eigenvalue weighted by molar-refractivity contribution is -0.120. The molecule has 0 amide bonds. The zero-order valence-corrected chi connectivity index (χ0v) is 12.3. The molecular formula is C11H14ClNO3S2. The third-order valence-electron chi connectivity index (χ3n) is 2.96. The molecule has 0 aliphatic heterocycles. The van der Waals surface area contributed by atoms with E-state index in [1.54, 1.807) is 13.0 Å². The van der Waals surface area contributed by atoms with E-state index in [-0.39, 0.29) is 16.0 Å². The minimum absolute atomic E-state index is 0.145. The first kappa shape index (κ1) is 14.0. The van der Waals surface area contributed by atoms with Crippen molar-refractivity contribution in [1.29, 1.82) is 0 Å². The smallest absolute Gasteiger partial charge is 0.250 e. The maximum absolute atomic E-state index is 12.1. The lowest BCUT2D eigenvalue weighted by Crippen LogP contribution is -2.37. The van der Waals surface area contributed by atoms with Gasteiger partial charge in [-0.05, 0) is 31.4 Å². The van der Waals surface area contributed by atoms with Gasteiger partial charge < -0.3 is 0 Å². The van der Waals surface area contributed by atoms with Crippen LogP contribution < -0.4 is 4.72 Å². The van der Waals surface area contributed by atoms with E-state index in [0.29, 0.717) is 30.0 Å². The summed E-state index contributed by atoms with van der Waals surface area (Å²) in [7, 11) is -3.51. The van der Waals surface area contributed by atoms with Crippen molar-refractivity contribution in [2.45, 2.75) is 42.9 Å². The third kappa shape index (κ3) is 3.12. The van der Waals surface area contributed by atoms with E-state index in [4.69, 9.17) is 11.6 Å². The van der Waals surface area contributed by atoms with Crippen LogP contribution in [0.15, 0.2) is 10.3 Å². The summed E-state index contributed by atoms with van der Waals surface area (Å²) < 4.78 is 27.6. The number of hydrogen-bond donors (Lipinski definition) is 1. The molecule has 0 radical (unpaired) electrons. The van der Waals surface area contributed by atoms with Crippen LogP contribution in [0.4, 0.5) is 0 Å². The molecule has 1 saturated carbocycles. The third-order valence-corrected chi connectivity index (χ3v) is 6.51. The summed E-state index contributed by atoms with van der Waals surface area (Å²) in [4.78, 5) is 11.1. The summed E-state index contributed by atoms with van der Waals surface area (Å²) in [6.45, 7) is 1.77. The van der Waals surface area contributed by atoms with Crippen LogP contribution in [0.5, 0.6) is 0 Å². The fourth-order valence-electron chi connectivity index (χ4n) is 1.90. The number of carbonyl (C=O) groups is 1. The van der Waals surface area contributed by atoms with Crippen LogP contribution in [0, 0.1) is 6.92 Å². The summed E-state index contributed by atoms with van der Waals surface area (Å²) in [5, 5.41) is 0. The number of aryl methyl sites for hydroxylation is 1. The van der Waals surface area contributed by atoms with E-state index in [2.05, 4.69) is 4.72 Å². The highest BCUT2D eigenvalue weighted by Crippen LogP contribution is 2.30. The second-order valence-corrected chi connectivity index (χ2v) is 8.05. The average molecular weight is 308 g/mol. The molecule has 0 unspecified atom stereocenters. The topological polar surface area (TPSA) is 63.2 Å². The van der Waals surface area contributed by atoms with Gasteiger partial charge in [0, 0.05) is 18.9 Å². The van der Waals surface area contributed by atoms with E-state index >= 15 is 0 Å². The molecule has 18 heavy (non-hydrogen) atoms. The van der Waals surface area contributed by atoms with E-state index in [0.717, 1.165) is 16.9 Å². The zero-order valence-electron chi connectivity index (χ0n) is 9.90. The number of ketones is 1. The maximum Gasteiger partial charge on any atom is 0.250 e. The molecule has 1 aliphatic rings. The number of nitrogens with one attached hydrogen (secondary N) is 1. The van der Waals surface area contributed by atoms with Crippen molar-refractivity contribution in [2.75, 3.05) is 0 Å². The summed E-state index contributed by atoms with van der Waals surface area (Å²) in [5.41, 5.74) is 0.765. The molecule has 2 rings (SSSR count). The van der Waals surface area contributed by atoms with Crippen molar-refractivity contribution < 1.29 is 13.2 Å². The number of Topliss-reactive ketones (excluding diaryl/α,β-unsaturated/α-hetero) is 1. The van der Waals surface area contributed by atoms with Gasteiger partial charge >= 0.3 is 0 Å². The molecule has 1 aromatic heterocycles. The molecule has 0 aromatic carbocycles. The summed E-state index contributed by atoms with van der Waals surface area (Å²) in [6, 6.07) is 1.43. The van der Waals surface area contributed by atoms with Crippen molar-refractivity contribution in [3.63, 3.8) is 0 Å². The van der Waals surface area contributed by atoms with Gasteiger partial charge in [-0.1, -0.05) is 11.6 Å². The van der Waals surface area contributed by atoms with E-state index in [1.165, 1.54) is 0 Å². The first-order chi connectivity index (χ1) is 8.38. The molecule has 4 nitrogen and oxygen atoms in total. The molecule has 0 atom stereocenters. The highest BCUT2D eigenvalue weighted by Gasteiger charge is 2.25. The van der Waals surface area contributed by atoms with Gasteiger partial charge in [0.05, 0.1) is 4.34 Å². The number of carbonyl (C=O) groups excluding carboxylic acids is 1. The Morgan fingerprint density at radius 2 is 2.00 bits per heavy atom. The summed E-state index contributed by atoms with van der Waals surface area (Å²) >= 11 is 6.94. The molecule has 1 N–H and O–H groups in total. The molecule has 100 valence electrons. The maximum atomic E-state index is 12.1. The molecule has 7 heteroatoms. The second kappa shape index (κ2) is 5.28. The van der Waals surface area contributed by atoms with Crippen molar-refractivity contribution in [3.8, 4) is 0 Å². The van der Waals surface area contributed by atoms with Gasteiger partial charge in [-0.3, -0.25) is 4.79 Å². The number of rotatable bonds is 3. The number of halogens is 1. The van der Waals surface area contributed by atoms with Crippen molar-refractivity contribution in [2.24, 2.45) is 0 Å². The van der Waals surface area contributed by atoms with Crippen molar-refractivity contribution in [1.82, 2.24) is 4.72 Å². The molecule has 0 saturated heterocycles. The zero-order chi connectivity index (χ0) is 13.3. The molecule has 0 bridgehead atoms. The fraction of sp³-hybridized carbons (Fsp3) is 0.545. The van der Waals surface area contributed by atoms with Crippen LogP contribution in [-0.2, 0) is 14.8 Å². The minimum Gasteiger partial charge on any atom is -0.300 e. The van der Waals surface area contributed by atoms with Gasteiger partial charge in [-0.2, -0.15) is 0 Å². The Bertz CT molecular complexity index is 535. The number of thiophene rings is 1. The van der Waals surface area contributed by atoms with E-state index in [1.807, 2.05) is 0 Å². The molecule has 1 aromatic rings. The monoisotopic (exact) mass is 307 g/mol. The Balaban J connectivity index is 2.10. The average Bonchev–Trinajstić information content (AvgIpc) is 2.63. The lowest BCUT2D eigenvalue weighted by Gasteiger charge is -2.21. The first-order valence-corrected chi connectivity index (χ1v) is 8.36. The fourth-order valence-corrected chi connectivity index (χ4v) is 4.93. The SMILES string of the molecule is Cc1cc(S(=O)(=O)NC2CCC(=O)CC2)sc1Cl. The predicted molar refractivity (Wildman–Crippen MR) is 71.7 cm³/mol. The van der Waals surface area contributed by atoms with E-state index in [9.17, 15) is 13.2 Å². The van der Waals surface area contributed by atoms with Gasteiger partial charge in [-0.25, -0.2) is 13.1 Å². The summed E-state index contributed by atoms with van der Waals surface area (Å²) in [6.07, 6.45) is 2.07. The van der Waals surface area contributed by atoms with Crippen LogP contribution in [0.3, 0.4) is 0 Å². The molecule has 1 fully saturated rings. The molecular weight excluding hydrogens is 294 g/mol. The predicted octanol–water partition coefficient (Wildman–Crippen LogP) is 2.50. The Morgan fingerprint density at radius 3 is 2.50 bits per heavy atom. The van der Waals surface area contributed by atoms with Crippen LogP contribution >= 0.6 is 22.9 Å². The largest absolute Gasteiger partial charge is 0.300 e. The van der Waals surface area contributed by atoms with Crippen LogP contribution in [0.2, 0.25) is 4.34 Å². The molecule has 0 spiro atoms. The Hall–Kier alpha value is -0.430. The summed E-state index contributed by atoms with van der Waals surface area (Å²) in [5.74, 6) is 0.209. The highest BCUT2D eigenvalue weighted by molar-refractivity contribution is 7.91.